The Balaban J connectivity index is 1.80. The van der Waals surface area contributed by atoms with Gasteiger partial charge in [-0.2, -0.15) is 5.26 Å². The Labute approximate surface area is 125 Å². The van der Waals surface area contributed by atoms with Crippen LogP contribution in [0, 0.1) is 11.3 Å². The maximum absolute atomic E-state index is 9.68. The first-order valence-electron chi connectivity index (χ1n) is 8.04. The van der Waals surface area contributed by atoms with Crippen LogP contribution in [-0.4, -0.2) is 5.54 Å². The first kappa shape index (κ1) is 12.7. The molecule has 0 aliphatic heterocycles. The molecule has 106 valence electrons. The zero-order valence-electron chi connectivity index (χ0n) is 12.3. The minimum absolute atomic E-state index is 0.364. The number of aryl methyl sites for hydroxylation is 2. The van der Waals surface area contributed by atoms with Gasteiger partial charge in [-0.05, 0) is 48.3 Å². The molecule has 21 heavy (non-hydrogen) atoms. The van der Waals surface area contributed by atoms with Crippen LogP contribution in [0.3, 0.4) is 0 Å². The van der Waals surface area contributed by atoms with E-state index in [1.807, 2.05) is 0 Å². The Morgan fingerprint density at radius 3 is 2.48 bits per heavy atom. The van der Waals surface area contributed by atoms with E-state index in [-0.39, 0.29) is 5.54 Å². The molecular weight excluding hydrogens is 256 g/mol. The minimum atomic E-state index is -0.364. The molecule has 2 aliphatic carbocycles. The molecule has 0 spiro atoms. The predicted molar refractivity (Wildman–Crippen MR) is 86.4 cm³/mol. The average molecular weight is 276 g/mol. The fraction of sp³-hybridized carbons (Fsp3) is 0.421. The van der Waals surface area contributed by atoms with Gasteiger partial charge in [0.2, 0.25) is 0 Å². The zero-order chi connectivity index (χ0) is 14.3. The Kier molecular flexibility index (Phi) is 2.89. The summed E-state index contributed by atoms with van der Waals surface area (Å²) in [6.45, 7) is 0. The second-order valence-electron chi connectivity index (χ2n) is 6.49. The molecule has 2 aliphatic rings. The summed E-state index contributed by atoms with van der Waals surface area (Å²) in [5.74, 6) is 0. The van der Waals surface area contributed by atoms with E-state index in [0.717, 1.165) is 44.2 Å². The maximum Gasteiger partial charge on any atom is 0.125 e. The van der Waals surface area contributed by atoms with Crippen molar-refractivity contribution < 1.29 is 0 Å². The quantitative estimate of drug-likeness (QED) is 0.871. The average Bonchev–Trinajstić information content (AvgIpc) is 2.96. The van der Waals surface area contributed by atoms with Crippen molar-refractivity contribution in [2.45, 2.75) is 50.5 Å². The van der Waals surface area contributed by atoms with Crippen LogP contribution in [0.15, 0.2) is 30.3 Å². The van der Waals surface area contributed by atoms with Gasteiger partial charge in [-0.1, -0.05) is 43.5 Å². The number of nitrogens with zero attached hydrogens (tertiary/aromatic N) is 1. The van der Waals surface area contributed by atoms with Gasteiger partial charge in [0.05, 0.1) is 6.07 Å². The normalized spacial score (nSPS) is 19.4. The van der Waals surface area contributed by atoms with Gasteiger partial charge in [0.15, 0.2) is 0 Å². The summed E-state index contributed by atoms with van der Waals surface area (Å²) in [4.78, 5) is 0. The molecule has 0 atom stereocenters. The molecule has 2 aromatic carbocycles. The van der Waals surface area contributed by atoms with Crippen LogP contribution in [0.2, 0.25) is 0 Å². The molecule has 4 rings (SSSR count). The van der Waals surface area contributed by atoms with Crippen molar-refractivity contribution in [1.29, 1.82) is 5.26 Å². The molecule has 0 aromatic heterocycles. The number of nitrogens with one attached hydrogen (secondary N) is 1. The Bertz CT molecular complexity index is 723. The van der Waals surface area contributed by atoms with Gasteiger partial charge in [0.1, 0.15) is 5.54 Å². The summed E-state index contributed by atoms with van der Waals surface area (Å²) in [6.07, 6.45) is 7.80. The molecule has 2 heteroatoms. The molecule has 0 bridgehead atoms. The van der Waals surface area contributed by atoms with E-state index in [9.17, 15) is 5.26 Å². The van der Waals surface area contributed by atoms with E-state index < -0.39 is 0 Å². The third kappa shape index (κ3) is 2.00. The largest absolute Gasteiger partial charge is 0.367 e. The van der Waals surface area contributed by atoms with E-state index in [4.69, 9.17) is 0 Å². The van der Waals surface area contributed by atoms with Crippen LogP contribution in [0.4, 0.5) is 5.69 Å². The second-order valence-corrected chi connectivity index (χ2v) is 6.49. The molecule has 1 fully saturated rings. The molecule has 0 unspecified atom stereocenters. The highest BCUT2D eigenvalue weighted by Crippen LogP contribution is 2.38. The summed E-state index contributed by atoms with van der Waals surface area (Å²) >= 11 is 0. The van der Waals surface area contributed by atoms with Gasteiger partial charge < -0.3 is 5.32 Å². The lowest BCUT2D eigenvalue weighted by Gasteiger charge is -2.33. The number of rotatable bonds is 2. The van der Waals surface area contributed by atoms with Gasteiger partial charge in [-0.25, -0.2) is 0 Å². The van der Waals surface area contributed by atoms with E-state index >= 15 is 0 Å². The monoisotopic (exact) mass is 276 g/mol. The Morgan fingerprint density at radius 1 is 0.952 bits per heavy atom. The highest BCUT2D eigenvalue weighted by molar-refractivity contribution is 5.99. The first-order valence-corrected chi connectivity index (χ1v) is 8.04. The molecule has 0 heterocycles. The highest BCUT2D eigenvalue weighted by atomic mass is 15.0. The van der Waals surface area contributed by atoms with E-state index in [1.54, 1.807) is 0 Å². The Morgan fingerprint density at radius 2 is 1.71 bits per heavy atom. The van der Waals surface area contributed by atoms with Crippen molar-refractivity contribution in [2.75, 3.05) is 5.32 Å². The molecule has 1 saturated carbocycles. The van der Waals surface area contributed by atoms with Crippen LogP contribution in [0.5, 0.6) is 0 Å². The fourth-order valence-corrected chi connectivity index (χ4v) is 4.03. The highest BCUT2D eigenvalue weighted by Gasteiger charge is 2.32. The molecule has 0 amide bonds. The summed E-state index contributed by atoms with van der Waals surface area (Å²) < 4.78 is 0. The zero-order valence-corrected chi connectivity index (χ0v) is 12.3. The SMILES string of the molecule is N#CC1(Nc2ccc3c4c(cccc24)CC3)CCCCC1. The van der Waals surface area contributed by atoms with Crippen molar-refractivity contribution in [3.63, 3.8) is 0 Å². The number of benzene rings is 2. The number of anilines is 1. The lowest BCUT2D eigenvalue weighted by atomic mass is 9.82. The van der Waals surface area contributed by atoms with Gasteiger partial charge >= 0.3 is 0 Å². The standard InChI is InChI=1S/C19H20N2/c20-13-19(11-2-1-3-12-19)21-17-10-9-15-8-7-14-5-4-6-16(17)18(14)15/h4-6,9-10,21H,1-3,7-8,11-12H2. The van der Waals surface area contributed by atoms with E-state index in [1.165, 1.54) is 28.3 Å². The van der Waals surface area contributed by atoms with E-state index in [2.05, 4.69) is 41.7 Å². The number of hydrogen-bond donors (Lipinski definition) is 1. The van der Waals surface area contributed by atoms with Crippen LogP contribution < -0.4 is 5.32 Å². The summed E-state index contributed by atoms with van der Waals surface area (Å²) in [5.41, 5.74) is 3.69. The van der Waals surface area contributed by atoms with Gasteiger partial charge in [0, 0.05) is 11.1 Å². The summed E-state index contributed by atoms with van der Waals surface area (Å²) in [6, 6.07) is 13.6. The van der Waals surface area contributed by atoms with Crippen molar-refractivity contribution in [1.82, 2.24) is 0 Å². The molecule has 2 nitrogen and oxygen atoms in total. The first-order chi connectivity index (χ1) is 10.3. The lowest BCUT2D eigenvalue weighted by Crippen LogP contribution is -2.38. The predicted octanol–water partition coefficient (Wildman–Crippen LogP) is 4.58. The van der Waals surface area contributed by atoms with Crippen LogP contribution >= 0.6 is 0 Å². The molecule has 1 N–H and O–H groups in total. The van der Waals surface area contributed by atoms with Crippen LogP contribution in [0.25, 0.3) is 10.8 Å². The maximum atomic E-state index is 9.68. The Hall–Kier alpha value is -2.01. The topological polar surface area (TPSA) is 35.8 Å². The van der Waals surface area contributed by atoms with Crippen molar-refractivity contribution in [2.24, 2.45) is 0 Å². The molecule has 0 saturated heterocycles. The third-order valence-corrected chi connectivity index (χ3v) is 5.17. The van der Waals surface area contributed by atoms with Crippen LogP contribution in [-0.2, 0) is 12.8 Å². The van der Waals surface area contributed by atoms with Gasteiger partial charge in [-0.15, -0.1) is 0 Å². The molecule has 2 aromatic rings. The molecule has 0 radical (unpaired) electrons. The van der Waals surface area contributed by atoms with Crippen molar-refractivity contribution in [3.8, 4) is 6.07 Å². The van der Waals surface area contributed by atoms with Crippen LogP contribution in [0.1, 0.15) is 43.2 Å². The van der Waals surface area contributed by atoms with Crippen molar-refractivity contribution >= 4 is 16.5 Å². The number of nitriles is 1. The lowest BCUT2D eigenvalue weighted by molar-refractivity contribution is 0.393. The minimum Gasteiger partial charge on any atom is -0.367 e. The van der Waals surface area contributed by atoms with Gasteiger partial charge in [0.25, 0.3) is 0 Å². The molecular formula is C19H20N2. The smallest absolute Gasteiger partial charge is 0.125 e. The van der Waals surface area contributed by atoms with E-state index in [0.29, 0.717) is 0 Å². The van der Waals surface area contributed by atoms with Crippen molar-refractivity contribution in [3.05, 3.63) is 41.5 Å². The number of hydrogen-bond acceptors (Lipinski definition) is 2. The third-order valence-electron chi connectivity index (χ3n) is 5.17. The fourth-order valence-electron chi connectivity index (χ4n) is 4.03. The van der Waals surface area contributed by atoms with Gasteiger partial charge in [-0.3, -0.25) is 0 Å². The summed E-state index contributed by atoms with van der Waals surface area (Å²) in [7, 11) is 0. The second kappa shape index (κ2) is 4.77. The summed E-state index contributed by atoms with van der Waals surface area (Å²) in [5, 5.41) is 16.0.